The van der Waals surface area contributed by atoms with E-state index >= 15 is 0 Å². The third kappa shape index (κ3) is 3.01. The second-order valence-electron chi connectivity index (χ2n) is 4.29. The van der Waals surface area contributed by atoms with Crippen LogP contribution in [0.3, 0.4) is 0 Å². The van der Waals surface area contributed by atoms with Gasteiger partial charge in [-0.1, -0.05) is 0 Å². The minimum absolute atomic E-state index is 0.134. The van der Waals surface area contributed by atoms with Crippen molar-refractivity contribution in [1.29, 1.82) is 0 Å². The van der Waals surface area contributed by atoms with Crippen molar-refractivity contribution in [3.05, 3.63) is 48.3 Å². The molecule has 98 valence electrons. The van der Waals surface area contributed by atoms with Gasteiger partial charge in [-0.2, -0.15) is 0 Å². The number of aromatic nitrogens is 1. The smallest absolute Gasteiger partial charge is 0.259 e. The molecule has 19 heavy (non-hydrogen) atoms. The highest BCUT2D eigenvalue weighted by atomic mass is 16.3. The molecule has 1 heterocycles. The summed E-state index contributed by atoms with van der Waals surface area (Å²) in [6.45, 7) is 0. The molecule has 0 saturated carbocycles. The van der Waals surface area contributed by atoms with E-state index in [2.05, 4.69) is 10.3 Å². The normalized spacial score (nSPS) is 10.0. The van der Waals surface area contributed by atoms with Crippen LogP contribution in [0.1, 0.15) is 10.4 Å². The molecule has 0 spiro atoms. The molecule has 1 amide bonds. The molecule has 2 rings (SSSR count). The molecule has 1 aromatic heterocycles. The molecule has 5 nitrogen and oxygen atoms in total. The van der Waals surface area contributed by atoms with Crippen LogP contribution in [0, 0.1) is 0 Å². The van der Waals surface area contributed by atoms with Crippen molar-refractivity contribution >= 4 is 17.3 Å². The molecular weight excluding hydrogens is 242 g/mol. The maximum atomic E-state index is 11.9. The lowest BCUT2D eigenvalue weighted by molar-refractivity contribution is 0.102. The van der Waals surface area contributed by atoms with Gasteiger partial charge >= 0.3 is 0 Å². The fraction of sp³-hybridized carbons (Fsp3) is 0.143. The summed E-state index contributed by atoms with van der Waals surface area (Å²) in [5, 5.41) is 12.3. The topological polar surface area (TPSA) is 65.5 Å². The van der Waals surface area contributed by atoms with Gasteiger partial charge in [0.1, 0.15) is 5.75 Å². The quantitative estimate of drug-likeness (QED) is 0.883. The third-order valence-corrected chi connectivity index (χ3v) is 2.69. The first-order chi connectivity index (χ1) is 9.08. The van der Waals surface area contributed by atoms with Crippen molar-refractivity contribution in [3.63, 3.8) is 0 Å². The number of amides is 1. The summed E-state index contributed by atoms with van der Waals surface area (Å²) in [4.78, 5) is 17.6. The molecular formula is C14H15N3O2. The van der Waals surface area contributed by atoms with Crippen LogP contribution < -0.4 is 10.2 Å². The number of anilines is 2. The van der Waals surface area contributed by atoms with Crippen LogP contribution in [0.25, 0.3) is 0 Å². The zero-order valence-corrected chi connectivity index (χ0v) is 10.8. The number of hydrogen-bond donors (Lipinski definition) is 2. The molecule has 0 aliphatic rings. The Kier molecular flexibility index (Phi) is 3.66. The number of hydrogen-bond acceptors (Lipinski definition) is 4. The van der Waals surface area contributed by atoms with E-state index in [1.807, 2.05) is 43.3 Å². The Morgan fingerprint density at radius 2 is 1.89 bits per heavy atom. The summed E-state index contributed by atoms with van der Waals surface area (Å²) < 4.78 is 0. The molecule has 0 aliphatic carbocycles. The maximum absolute atomic E-state index is 11.9. The average molecular weight is 257 g/mol. The van der Waals surface area contributed by atoms with Crippen LogP contribution >= 0.6 is 0 Å². The Morgan fingerprint density at radius 3 is 2.47 bits per heavy atom. The monoisotopic (exact) mass is 257 g/mol. The number of rotatable bonds is 3. The molecule has 5 heteroatoms. The van der Waals surface area contributed by atoms with Crippen molar-refractivity contribution in [2.24, 2.45) is 0 Å². The van der Waals surface area contributed by atoms with Crippen molar-refractivity contribution in [3.8, 4) is 5.75 Å². The summed E-state index contributed by atoms with van der Waals surface area (Å²) in [6, 6.07) is 8.90. The van der Waals surface area contributed by atoms with E-state index in [0.29, 0.717) is 5.69 Å². The van der Waals surface area contributed by atoms with Gasteiger partial charge in [0.25, 0.3) is 5.91 Å². The molecule has 0 bridgehead atoms. The zero-order chi connectivity index (χ0) is 13.8. The molecule has 2 aromatic rings. The highest BCUT2D eigenvalue weighted by Gasteiger charge is 2.10. The van der Waals surface area contributed by atoms with E-state index in [9.17, 15) is 9.90 Å². The first kappa shape index (κ1) is 12.9. The lowest BCUT2D eigenvalue weighted by atomic mass is 10.2. The van der Waals surface area contributed by atoms with Crippen LogP contribution in [-0.2, 0) is 0 Å². The first-order valence-corrected chi connectivity index (χ1v) is 5.79. The number of aromatic hydroxyl groups is 1. The predicted molar refractivity (Wildman–Crippen MR) is 74.6 cm³/mol. The summed E-state index contributed by atoms with van der Waals surface area (Å²) in [6.07, 6.45) is 2.70. The van der Waals surface area contributed by atoms with Gasteiger partial charge in [-0.15, -0.1) is 0 Å². The largest absolute Gasteiger partial charge is 0.505 e. The Labute approximate surface area is 111 Å². The van der Waals surface area contributed by atoms with Gasteiger partial charge in [-0.25, -0.2) is 0 Å². The number of carbonyl (C=O) groups excluding carboxylic acids is 1. The second-order valence-corrected chi connectivity index (χ2v) is 4.29. The molecule has 0 saturated heterocycles. The molecule has 0 aliphatic heterocycles. The summed E-state index contributed by atoms with van der Waals surface area (Å²) >= 11 is 0. The average Bonchev–Trinajstić information content (AvgIpc) is 2.39. The molecule has 2 N–H and O–H groups in total. The van der Waals surface area contributed by atoms with Gasteiger partial charge < -0.3 is 15.3 Å². The maximum Gasteiger partial charge on any atom is 0.259 e. The van der Waals surface area contributed by atoms with E-state index in [1.165, 1.54) is 18.5 Å². The van der Waals surface area contributed by atoms with Crippen molar-refractivity contribution in [2.75, 3.05) is 24.3 Å². The number of carbonyl (C=O) groups is 1. The second kappa shape index (κ2) is 5.39. The van der Waals surface area contributed by atoms with Gasteiger partial charge in [-0.05, 0) is 30.3 Å². The Bertz CT molecular complexity index is 579. The van der Waals surface area contributed by atoms with Crippen molar-refractivity contribution < 1.29 is 9.90 Å². The highest BCUT2D eigenvalue weighted by Crippen LogP contribution is 2.19. The minimum Gasteiger partial charge on any atom is -0.505 e. The van der Waals surface area contributed by atoms with E-state index in [1.54, 1.807) is 0 Å². The number of nitrogens with zero attached hydrogens (tertiary/aromatic N) is 2. The van der Waals surface area contributed by atoms with E-state index in [-0.39, 0.29) is 17.2 Å². The SMILES string of the molecule is CN(C)c1ccc(NC(=O)c2ccncc2O)cc1. The number of benzene rings is 1. The standard InChI is InChI=1S/C14H15N3O2/c1-17(2)11-5-3-10(4-6-11)16-14(19)12-7-8-15-9-13(12)18/h3-9,18H,1-2H3,(H,16,19). The molecule has 0 radical (unpaired) electrons. The van der Waals surface area contributed by atoms with Crippen LogP contribution in [0.15, 0.2) is 42.7 Å². The Morgan fingerprint density at radius 1 is 1.21 bits per heavy atom. The van der Waals surface area contributed by atoms with Crippen molar-refractivity contribution in [2.45, 2.75) is 0 Å². The fourth-order valence-electron chi connectivity index (χ4n) is 1.62. The van der Waals surface area contributed by atoms with Gasteiger partial charge in [0.2, 0.25) is 0 Å². The number of pyridine rings is 1. The predicted octanol–water partition coefficient (Wildman–Crippen LogP) is 2.11. The molecule has 0 unspecified atom stereocenters. The Balaban J connectivity index is 2.13. The lowest BCUT2D eigenvalue weighted by Gasteiger charge is -2.13. The van der Waals surface area contributed by atoms with Crippen LogP contribution in [0.2, 0.25) is 0 Å². The van der Waals surface area contributed by atoms with Crippen molar-refractivity contribution in [1.82, 2.24) is 4.98 Å². The first-order valence-electron chi connectivity index (χ1n) is 5.79. The van der Waals surface area contributed by atoms with Gasteiger partial charge in [0, 0.05) is 31.7 Å². The van der Waals surface area contributed by atoms with E-state index < -0.39 is 0 Å². The van der Waals surface area contributed by atoms with E-state index in [4.69, 9.17) is 0 Å². The fourth-order valence-corrected chi connectivity index (χ4v) is 1.62. The van der Waals surface area contributed by atoms with Gasteiger partial charge in [0.15, 0.2) is 0 Å². The lowest BCUT2D eigenvalue weighted by Crippen LogP contribution is -2.13. The molecule has 0 fully saturated rings. The zero-order valence-electron chi connectivity index (χ0n) is 10.8. The minimum atomic E-state index is -0.363. The van der Waals surface area contributed by atoms with Crippen LogP contribution in [0.5, 0.6) is 5.75 Å². The highest BCUT2D eigenvalue weighted by molar-refractivity contribution is 6.06. The van der Waals surface area contributed by atoms with Crippen LogP contribution in [0.4, 0.5) is 11.4 Å². The summed E-state index contributed by atoms with van der Waals surface area (Å²) in [5.41, 5.74) is 1.92. The Hall–Kier alpha value is -2.56. The van der Waals surface area contributed by atoms with Crippen LogP contribution in [-0.4, -0.2) is 30.1 Å². The molecule has 1 aromatic carbocycles. The van der Waals surface area contributed by atoms with Gasteiger partial charge in [-0.3, -0.25) is 9.78 Å². The molecule has 0 atom stereocenters. The van der Waals surface area contributed by atoms with Gasteiger partial charge in [0.05, 0.1) is 11.8 Å². The third-order valence-electron chi connectivity index (χ3n) is 2.69. The summed E-state index contributed by atoms with van der Waals surface area (Å²) in [5.74, 6) is -0.498. The van der Waals surface area contributed by atoms with E-state index in [0.717, 1.165) is 5.69 Å². The summed E-state index contributed by atoms with van der Waals surface area (Å²) in [7, 11) is 3.89. The number of nitrogens with one attached hydrogen (secondary N) is 1.